The van der Waals surface area contributed by atoms with Gasteiger partial charge in [-0.1, -0.05) is 68.5 Å². The van der Waals surface area contributed by atoms with Crippen molar-refractivity contribution in [3.05, 3.63) is 107 Å². The number of unbranched alkanes of at least 4 members (excludes halogenated alkanes) is 6. The van der Waals surface area contributed by atoms with Crippen LogP contribution >= 0.6 is 0 Å². The highest BCUT2D eigenvalue weighted by Crippen LogP contribution is 2.29. The Bertz CT molecular complexity index is 1570. The van der Waals surface area contributed by atoms with E-state index < -0.39 is 0 Å². The summed E-state index contributed by atoms with van der Waals surface area (Å²) in [5.41, 5.74) is 7.36. The number of aryl methyl sites for hydroxylation is 2. The SMILES string of the molecule is Cc1cc(OC(=O)CCCCCCCCCC(=O)Oc2ccc(-c3ccc(C#N)cc3)c(C)c2)ccc1-c1ccc(C#N)cc1. The molecule has 0 fully saturated rings. The van der Waals surface area contributed by atoms with Crippen molar-refractivity contribution in [3.8, 4) is 45.9 Å². The Hall–Kier alpha value is -5.20. The number of esters is 2. The first-order chi connectivity index (χ1) is 21.9. The number of carbonyl (C=O) groups is 2. The first-order valence-corrected chi connectivity index (χ1v) is 15.5. The van der Waals surface area contributed by atoms with Crippen molar-refractivity contribution in [2.75, 3.05) is 0 Å². The second kappa shape index (κ2) is 16.6. The third-order valence-electron chi connectivity index (χ3n) is 7.77. The first kappa shape index (κ1) is 32.7. The lowest BCUT2D eigenvalue weighted by atomic mass is 9.99. The standard InChI is InChI=1S/C39H38N2O4/c1-28-24-34(20-22-36(28)32-16-12-30(26-40)13-17-32)44-38(42)10-8-6-4-3-5-7-9-11-39(43)45-35-21-23-37(29(2)25-35)33-18-14-31(27-41)15-19-33/h12-25H,3-11H2,1-2H3. The molecule has 0 saturated heterocycles. The third kappa shape index (κ3) is 9.91. The van der Waals surface area contributed by atoms with E-state index in [1.807, 2.05) is 74.5 Å². The highest BCUT2D eigenvalue weighted by Gasteiger charge is 2.10. The number of hydrogen-bond acceptors (Lipinski definition) is 6. The number of carbonyl (C=O) groups excluding carboxylic acids is 2. The largest absolute Gasteiger partial charge is 0.427 e. The molecule has 0 saturated carbocycles. The lowest BCUT2D eigenvalue weighted by Gasteiger charge is -2.10. The first-order valence-electron chi connectivity index (χ1n) is 15.5. The molecule has 0 aliphatic heterocycles. The van der Waals surface area contributed by atoms with E-state index in [1.165, 1.54) is 0 Å². The monoisotopic (exact) mass is 598 g/mol. The second-order valence-electron chi connectivity index (χ2n) is 11.3. The molecule has 0 radical (unpaired) electrons. The topological polar surface area (TPSA) is 100 Å². The van der Waals surface area contributed by atoms with E-state index in [4.69, 9.17) is 20.0 Å². The average molecular weight is 599 g/mol. The molecule has 0 heterocycles. The van der Waals surface area contributed by atoms with Crippen LogP contribution in [0.5, 0.6) is 11.5 Å². The average Bonchev–Trinajstić information content (AvgIpc) is 3.04. The number of rotatable bonds is 14. The minimum absolute atomic E-state index is 0.224. The molecule has 0 aliphatic rings. The van der Waals surface area contributed by atoms with Gasteiger partial charge in [0.05, 0.1) is 23.3 Å². The normalized spacial score (nSPS) is 10.5. The molecule has 0 atom stereocenters. The number of nitrogens with zero attached hydrogens (tertiary/aromatic N) is 2. The van der Waals surface area contributed by atoms with Crippen LogP contribution in [0.4, 0.5) is 0 Å². The van der Waals surface area contributed by atoms with Crippen LogP contribution in [0.25, 0.3) is 22.3 Å². The van der Waals surface area contributed by atoms with E-state index in [9.17, 15) is 9.59 Å². The van der Waals surface area contributed by atoms with Gasteiger partial charge in [-0.25, -0.2) is 0 Å². The zero-order chi connectivity index (χ0) is 32.0. The molecule has 6 heteroatoms. The molecule has 0 bridgehead atoms. The molecule has 0 unspecified atom stereocenters. The van der Waals surface area contributed by atoms with E-state index in [-0.39, 0.29) is 11.9 Å². The summed E-state index contributed by atoms with van der Waals surface area (Å²) in [6.07, 6.45) is 7.43. The van der Waals surface area contributed by atoms with Gasteiger partial charge in [0.1, 0.15) is 11.5 Å². The van der Waals surface area contributed by atoms with Crippen LogP contribution in [0, 0.1) is 36.5 Å². The number of nitriles is 2. The van der Waals surface area contributed by atoms with E-state index >= 15 is 0 Å². The van der Waals surface area contributed by atoms with E-state index in [1.54, 1.807) is 24.3 Å². The predicted octanol–water partition coefficient (Wildman–Crippen LogP) is 9.40. The van der Waals surface area contributed by atoms with E-state index in [0.717, 1.165) is 78.3 Å². The zero-order valence-electron chi connectivity index (χ0n) is 26.0. The van der Waals surface area contributed by atoms with Gasteiger partial charge < -0.3 is 9.47 Å². The van der Waals surface area contributed by atoms with Crippen molar-refractivity contribution in [2.45, 2.75) is 71.6 Å². The van der Waals surface area contributed by atoms with Crippen molar-refractivity contribution in [2.24, 2.45) is 0 Å². The summed E-state index contributed by atoms with van der Waals surface area (Å²) in [5, 5.41) is 18.0. The van der Waals surface area contributed by atoms with Gasteiger partial charge in [-0.3, -0.25) is 9.59 Å². The van der Waals surface area contributed by atoms with Gasteiger partial charge in [-0.15, -0.1) is 0 Å². The fourth-order valence-electron chi connectivity index (χ4n) is 5.28. The number of ether oxygens (including phenoxy) is 2. The summed E-state index contributed by atoms with van der Waals surface area (Å²) >= 11 is 0. The van der Waals surface area contributed by atoms with Crippen LogP contribution in [0.1, 0.15) is 80.0 Å². The number of benzene rings is 4. The Morgan fingerprint density at radius 2 is 0.889 bits per heavy atom. The molecule has 228 valence electrons. The molecule has 4 aromatic carbocycles. The minimum Gasteiger partial charge on any atom is -0.427 e. The van der Waals surface area contributed by atoms with Crippen molar-refractivity contribution in [1.29, 1.82) is 10.5 Å². The molecule has 0 aromatic heterocycles. The zero-order valence-corrected chi connectivity index (χ0v) is 26.0. The molecule has 45 heavy (non-hydrogen) atoms. The minimum atomic E-state index is -0.224. The summed E-state index contributed by atoms with van der Waals surface area (Å²) in [7, 11) is 0. The summed E-state index contributed by atoms with van der Waals surface area (Å²) < 4.78 is 11.1. The maximum Gasteiger partial charge on any atom is 0.311 e. The van der Waals surface area contributed by atoms with E-state index in [2.05, 4.69) is 12.1 Å². The fraction of sp³-hybridized carbons (Fsp3) is 0.282. The van der Waals surface area contributed by atoms with Gasteiger partial charge in [0.25, 0.3) is 0 Å². The van der Waals surface area contributed by atoms with Crippen LogP contribution in [-0.4, -0.2) is 11.9 Å². The van der Waals surface area contributed by atoms with Crippen molar-refractivity contribution in [1.82, 2.24) is 0 Å². The Kier molecular flexibility index (Phi) is 12.1. The van der Waals surface area contributed by atoms with Crippen LogP contribution in [0.3, 0.4) is 0 Å². The summed E-state index contributed by atoms with van der Waals surface area (Å²) in [4.78, 5) is 24.7. The highest BCUT2D eigenvalue weighted by atomic mass is 16.5. The van der Waals surface area contributed by atoms with Gasteiger partial charge >= 0.3 is 11.9 Å². The predicted molar refractivity (Wildman–Crippen MR) is 175 cm³/mol. The van der Waals surface area contributed by atoms with Gasteiger partial charge in [-0.2, -0.15) is 10.5 Å². The molecule has 0 spiro atoms. The fourth-order valence-corrected chi connectivity index (χ4v) is 5.28. The Morgan fingerprint density at radius 1 is 0.533 bits per heavy atom. The third-order valence-corrected chi connectivity index (χ3v) is 7.77. The van der Waals surface area contributed by atoms with Crippen molar-refractivity contribution in [3.63, 3.8) is 0 Å². The molecular formula is C39H38N2O4. The second-order valence-corrected chi connectivity index (χ2v) is 11.3. The lowest BCUT2D eigenvalue weighted by molar-refractivity contribution is -0.135. The Labute approximate surface area is 265 Å². The summed E-state index contributed by atoms with van der Waals surface area (Å²) in [6.45, 7) is 3.96. The van der Waals surface area contributed by atoms with Gasteiger partial charge in [0, 0.05) is 12.8 Å². The van der Waals surface area contributed by atoms with Crippen LogP contribution in [0.15, 0.2) is 84.9 Å². The lowest BCUT2D eigenvalue weighted by Crippen LogP contribution is -2.08. The van der Waals surface area contributed by atoms with Gasteiger partial charge in [0.15, 0.2) is 0 Å². The maximum atomic E-state index is 12.3. The maximum absolute atomic E-state index is 12.3. The summed E-state index contributed by atoms with van der Waals surface area (Å²) in [5.74, 6) is 0.642. The molecular weight excluding hydrogens is 560 g/mol. The molecule has 4 aromatic rings. The Balaban J connectivity index is 1.06. The number of hydrogen-bond donors (Lipinski definition) is 0. The molecule has 4 rings (SSSR count). The molecule has 0 amide bonds. The van der Waals surface area contributed by atoms with Crippen LogP contribution in [0.2, 0.25) is 0 Å². The van der Waals surface area contributed by atoms with Crippen molar-refractivity contribution >= 4 is 11.9 Å². The molecule has 6 nitrogen and oxygen atoms in total. The van der Waals surface area contributed by atoms with Crippen molar-refractivity contribution < 1.29 is 19.1 Å². The van der Waals surface area contributed by atoms with E-state index in [0.29, 0.717) is 35.5 Å². The smallest absolute Gasteiger partial charge is 0.311 e. The quantitative estimate of drug-likeness (QED) is 0.0814. The van der Waals surface area contributed by atoms with Crippen LogP contribution < -0.4 is 9.47 Å². The van der Waals surface area contributed by atoms with Gasteiger partial charge in [0.2, 0.25) is 0 Å². The van der Waals surface area contributed by atoms with Gasteiger partial charge in [-0.05, 0) is 109 Å². The summed E-state index contributed by atoms with van der Waals surface area (Å²) in [6, 6.07) is 30.4. The highest BCUT2D eigenvalue weighted by molar-refractivity contribution is 5.75. The molecule has 0 aliphatic carbocycles. The Morgan fingerprint density at radius 3 is 1.22 bits per heavy atom. The van der Waals surface area contributed by atoms with Crippen LogP contribution in [-0.2, 0) is 9.59 Å². The molecule has 0 N–H and O–H groups in total.